The lowest BCUT2D eigenvalue weighted by Gasteiger charge is -2.23. The lowest BCUT2D eigenvalue weighted by atomic mass is 9.96. The number of alkyl halides is 3. The number of hydrogen-bond donors (Lipinski definition) is 2. The molecule has 0 bridgehead atoms. The van der Waals surface area contributed by atoms with Crippen LogP contribution in [0.2, 0.25) is 0 Å². The largest absolute Gasteiger partial charge is 0.466 e. The van der Waals surface area contributed by atoms with E-state index >= 15 is 0 Å². The molecule has 0 saturated carbocycles. The van der Waals surface area contributed by atoms with Crippen molar-refractivity contribution in [3.05, 3.63) is 41.1 Å². The molecule has 2 aromatic rings. The third-order valence-corrected chi connectivity index (χ3v) is 3.49. The Hall–Kier alpha value is -2.29. The second kappa shape index (κ2) is 6.31. The van der Waals surface area contributed by atoms with Gasteiger partial charge in [-0.2, -0.15) is 18.3 Å². The number of aliphatic hydroxyl groups is 1. The Balaban J connectivity index is 1.95. The van der Waals surface area contributed by atoms with Crippen molar-refractivity contribution in [1.29, 1.82) is 0 Å². The van der Waals surface area contributed by atoms with E-state index in [1.54, 1.807) is 19.9 Å². The minimum atomic E-state index is -4.55. The van der Waals surface area contributed by atoms with Gasteiger partial charge in [-0.15, -0.1) is 0 Å². The van der Waals surface area contributed by atoms with E-state index < -0.39 is 23.4 Å². The van der Waals surface area contributed by atoms with Crippen molar-refractivity contribution in [3.63, 3.8) is 0 Å². The van der Waals surface area contributed by atoms with E-state index in [4.69, 9.17) is 4.42 Å². The molecule has 24 heavy (non-hydrogen) atoms. The first-order valence-corrected chi connectivity index (χ1v) is 7.16. The predicted molar refractivity (Wildman–Crippen MR) is 78.0 cm³/mol. The van der Waals surface area contributed by atoms with Gasteiger partial charge in [-0.3, -0.25) is 9.48 Å². The lowest BCUT2D eigenvalue weighted by molar-refractivity contribution is -0.141. The van der Waals surface area contributed by atoms with E-state index in [0.29, 0.717) is 17.1 Å². The van der Waals surface area contributed by atoms with Gasteiger partial charge in [0, 0.05) is 11.8 Å². The molecular weight excluding hydrogens is 327 g/mol. The molecule has 1 atom stereocenters. The van der Waals surface area contributed by atoms with Crippen LogP contribution in [0.5, 0.6) is 0 Å². The van der Waals surface area contributed by atoms with Crippen molar-refractivity contribution in [2.24, 2.45) is 0 Å². The van der Waals surface area contributed by atoms with Crippen LogP contribution >= 0.6 is 0 Å². The van der Waals surface area contributed by atoms with Crippen LogP contribution in [-0.2, 0) is 23.1 Å². The Bertz CT molecular complexity index is 732. The molecule has 2 N–H and O–H groups in total. The van der Waals surface area contributed by atoms with E-state index in [0.717, 1.165) is 16.9 Å². The molecule has 0 fully saturated rings. The predicted octanol–water partition coefficient (Wildman–Crippen LogP) is 2.14. The first kappa shape index (κ1) is 18.1. The van der Waals surface area contributed by atoms with Gasteiger partial charge in [0.15, 0.2) is 5.69 Å². The van der Waals surface area contributed by atoms with E-state index in [9.17, 15) is 23.1 Å². The zero-order valence-electron chi connectivity index (χ0n) is 13.4. The molecule has 0 spiro atoms. The van der Waals surface area contributed by atoms with Crippen LogP contribution in [0, 0.1) is 13.8 Å². The summed E-state index contributed by atoms with van der Waals surface area (Å²) in [5.74, 6) is 0.601. The standard InChI is InChI=1S/C15H18F3N3O3/c1-9-6-11(10(2)24-9)14(3,23)8-19-13(22)7-21-5-4-12(20-21)15(16,17)18/h4-6,23H,7-8H2,1-3H3,(H,19,22)/t14-/m1/s1. The van der Waals surface area contributed by atoms with Crippen molar-refractivity contribution in [2.75, 3.05) is 6.54 Å². The Morgan fingerprint density at radius 3 is 2.58 bits per heavy atom. The Morgan fingerprint density at radius 1 is 1.42 bits per heavy atom. The number of hydrogen-bond acceptors (Lipinski definition) is 4. The highest BCUT2D eigenvalue weighted by atomic mass is 19.4. The maximum absolute atomic E-state index is 12.5. The Kier molecular flexibility index (Phi) is 4.75. The number of furan rings is 1. The Labute approximate surface area is 136 Å². The van der Waals surface area contributed by atoms with Crippen LogP contribution in [0.3, 0.4) is 0 Å². The molecule has 132 valence electrons. The number of amides is 1. The first-order chi connectivity index (χ1) is 11.0. The first-order valence-electron chi connectivity index (χ1n) is 7.16. The topological polar surface area (TPSA) is 80.3 Å². The van der Waals surface area contributed by atoms with Gasteiger partial charge < -0.3 is 14.8 Å². The van der Waals surface area contributed by atoms with Gasteiger partial charge in [-0.25, -0.2) is 0 Å². The smallest absolute Gasteiger partial charge is 0.435 e. The summed E-state index contributed by atoms with van der Waals surface area (Å²) in [6.45, 7) is 4.46. The maximum atomic E-state index is 12.5. The summed E-state index contributed by atoms with van der Waals surface area (Å²) in [4.78, 5) is 11.9. The molecule has 0 saturated heterocycles. The normalized spacial score (nSPS) is 14.5. The molecule has 2 aromatic heterocycles. The number of aryl methyl sites for hydroxylation is 2. The summed E-state index contributed by atoms with van der Waals surface area (Å²) >= 11 is 0. The molecular formula is C15H18F3N3O3. The summed E-state index contributed by atoms with van der Waals surface area (Å²) in [6, 6.07) is 2.46. The zero-order valence-corrected chi connectivity index (χ0v) is 13.4. The zero-order chi connectivity index (χ0) is 18.1. The summed E-state index contributed by atoms with van der Waals surface area (Å²) < 4.78 is 43.6. The molecule has 0 aliphatic heterocycles. The average Bonchev–Trinajstić information content (AvgIpc) is 3.03. The summed E-state index contributed by atoms with van der Waals surface area (Å²) in [6.07, 6.45) is -3.48. The van der Waals surface area contributed by atoms with Crippen molar-refractivity contribution >= 4 is 5.91 Å². The Morgan fingerprint density at radius 2 is 2.08 bits per heavy atom. The molecule has 2 rings (SSSR count). The quantitative estimate of drug-likeness (QED) is 0.870. The molecule has 1 amide bonds. The lowest BCUT2D eigenvalue weighted by Crippen LogP contribution is -2.40. The number of rotatable bonds is 5. The third kappa shape index (κ3) is 4.16. The molecule has 9 heteroatoms. The summed E-state index contributed by atoms with van der Waals surface area (Å²) in [7, 11) is 0. The van der Waals surface area contributed by atoms with E-state index in [2.05, 4.69) is 10.4 Å². The summed E-state index contributed by atoms with van der Waals surface area (Å²) in [5.41, 5.74) is -1.88. The van der Waals surface area contributed by atoms with Crippen LogP contribution in [0.15, 0.2) is 22.7 Å². The fourth-order valence-corrected chi connectivity index (χ4v) is 2.34. The van der Waals surface area contributed by atoms with E-state index in [1.165, 1.54) is 6.92 Å². The maximum Gasteiger partial charge on any atom is 0.435 e. The minimum absolute atomic E-state index is 0.112. The van der Waals surface area contributed by atoms with Gasteiger partial charge >= 0.3 is 6.18 Å². The molecule has 0 radical (unpaired) electrons. The highest BCUT2D eigenvalue weighted by Crippen LogP contribution is 2.27. The van der Waals surface area contributed by atoms with Gasteiger partial charge in [0.25, 0.3) is 0 Å². The fourth-order valence-electron chi connectivity index (χ4n) is 2.34. The SMILES string of the molecule is Cc1cc([C@](C)(O)CNC(=O)Cn2ccc(C(F)(F)F)n2)c(C)o1. The second-order valence-electron chi connectivity index (χ2n) is 5.77. The minimum Gasteiger partial charge on any atom is -0.466 e. The van der Waals surface area contributed by atoms with Gasteiger partial charge in [-0.1, -0.05) is 0 Å². The number of carbonyl (C=O) groups excluding carboxylic acids is 1. The van der Waals surface area contributed by atoms with Crippen LogP contribution in [0.25, 0.3) is 0 Å². The average molecular weight is 345 g/mol. The molecule has 0 aliphatic carbocycles. The van der Waals surface area contributed by atoms with Crippen LogP contribution < -0.4 is 5.32 Å². The highest BCUT2D eigenvalue weighted by molar-refractivity contribution is 5.75. The van der Waals surface area contributed by atoms with Crippen LogP contribution in [0.4, 0.5) is 13.2 Å². The van der Waals surface area contributed by atoms with Crippen LogP contribution in [0.1, 0.15) is 29.7 Å². The van der Waals surface area contributed by atoms with Crippen molar-refractivity contribution in [3.8, 4) is 0 Å². The summed E-state index contributed by atoms with van der Waals surface area (Å²) in [5, 5.41) is 16.2. The van der Waals surface area contributed by atoms with Crippen molar-refractivity contribution in [2.45, 2.75) is 39.1 Å². The van der Waals surface area contributed by atoms with Crippen molar-refractivity contribution in [1.82, 2.24) is 15.1 Å². The van der Waals surface area contributed by atoms with Gasteiger partial charge in [0.1, 0.15) is 23.7 Å². The number of halogens is 3. The molecule has 6 nitrogen and oxygen atoms in total. The fraction of sp³-hybridized carbons (Fsp3) is 0.467. The van der Waals surface area contributed by atoms with E-state index in [-0.39, 0.29) is 13.1 Å². The number of aromatic nitrogens is 2. The third-order valence-electron chi connectivity index (χ3n) is 3.49. The van der Waals surface area contributed by atoms with Gasteiger partial charge in [0.05, 0.1) is 6.54 Å². The highest BCUT2D eigenvalue weighted by Gasteiger charge is 2.33. The van der Waals surface area contributed by atoms with E-state index in [1.807, 2.05) is 0 Å². The van der Waals surface area contributed by atoms with Gasteiger partial charge in [-0.05, 0) is 32.9 Å². The molecule has 2 heterocycles. The monoisotopic (exact) mass is 345 g/mol. The number of carbonyl (C=O) groups is 1. The van der Waals surface area contributed by atoms with Crippen LogP contribution in [-0.4, -0.2) is 27.3 Å². The number of nitrogens with zero attached hydrogens (tertiary/aromatic N) is 2. The molecule has 0 unspecified atom stereocenters. The van der Waals surface area contributed by atoms with Crippen molar-refractivity contribution < 1.29 is 27.5 Å². The molecule has 0 aliphatic rings. The molecule has 0 aromatic carbocycles. The second-order valence-corrected chi connectivity index (χ2v) is 5.77. The van der Waals surface area contributed by atoms with Gasteiger partial charge in [0.2, 0.25) is 5.91 Å². The number of nitrogens with one attached hydrogen (secondary N) is 1.